The summed E-state index contributed by atoms with van der Waals surface area (Å²) in [6.45, 7) is 0.684. The minimum Gasteiger partial charge on any atom is -0.495 e. The van der Waals surface area contributed by atoms with Crippen molar-refractivity contribution in [3.8, 4) is 5.75 Å². The average molecular weight is 270 g/mol. The summed E-state index contributed by atoms with van der Waals surface area (Å²) in [5.41, 5.74) is 8.60. The molecule has 102 valence electrons. The number of nitrogens with two attached hydrogens (primary N) is 1. The lowest BCUT2D eigenvalue weighted by atomic mass is 10.2. The third kappa shape index (κ3) is 2.20. The molecule has 0 spiro atoms. The van der Waals surface area contributed by atoms with E-state index in [1.807, 2.05) is 30.5 Å². The van der Waals surface area contributed by atoms with Gasteiger partial charge in [-0.25, -0.2) is 4.39 Å². The predicted molar refractivity (Wildman–Crippen MR) is 78.4 cm³/mol. The number of nitrogens with zero attached hydrogens (tertiary/aromatic N) is 1. The molecule has 3 aromatic rings. The maximum absolute atomic E-state index is 13.2. The van der Waals surface area contributed by atoms with Crippen molar-refractivity contribution >= 4 is 16.6 Å². The molecule has 0 saturated heterocycles. The topological polar surface area (TPSA) is 40.2 Å². The lowest BCUT2D eigenvalue weighted by Gasteiger charge is -2.09. The molecule has 0 aliphatic heterocycles. The summed E-state index contributed by atoms with van der Waals surface area (Å²) in [6.07, 6.45) is 1.95. The molecule has 20 heavy (non-hydrogen) atoms. The molecule has 1 aromatic heterocycles. The smallest absolute Gasteiger partial charge is 0.141 e. The van der Waals surface area contributed by atoms with Crippen molar-refractivity contribution in [3.63, 3.8) is 0 Å². The Balaban J connectivity index is 1.95. The SMILES string of the molecule is COc1ccc(Cn2ccc3cc(F)ccc32)cc1N. The molecule has 4 heteroatoms. The van der Waals surface area contributed by atoms with Crippen LogP contribution in [0.25, 0.3) is 10.9 Å². The van der Waals surface area contributed by atoms with Crippen LogP contribution < -0.4 is 10.5 Å². The lowest BCUT2D eigenvalue weighted by molar-refractivity contribution is 0.417. The Bertz CT molecular complexity index is 764. The number of hydrogen-bond donors (Lipinski definition) is 1. The van der Waals surface area contributed by atoms with E-state index >= 15 is 0 Å². The third-order valence-electron chi connectivity index (χ3n) is 3.38. The van der Waals surface area contributed by atoms with Gasteiger partial charge in [0.05, 0.1) is 12.8 Å². The molecule has 2 N–H and O–H groups in total. The van der Waals surface area contributed by atoms with Gasteiger partial charge in [0.25, 0.3) is 0 Å². The summed E-state index contributed by atoms with van der Waals surface area (Å²) in [5.74, 6) is 0.456. The Morgan fingerprint density at radius 3 is 2.75 bits per heavy atom. The summed E-state index contributed by atoms with van der Waals surface area (Å²) in [4.78, 5) is 0. The largest absolute Gasteiger partial charge is 0.495 e. The van der Waals surface area contributed by atoms with Crippen LogP contribution in [-0.4, -0.2) is 11.7 Å². The van der Waals surface area contributed by atoms with Gasteiger partial charge in [-0.1, -0.05) is 6.07 Å². The maximum atomic E-state index is 13.2. The van der Waals surface area contributed by atoms with Crippen LogP contribution in [0.3, 0.4) is 0 Å². The van der Waals surface area contributed by atoms with Gasteiger partial charge in [-0.3, -0.25) is 0 Å². The van der Waals surface area contributed by atoms with Gasteiger partial charge < -0.3 is 15.0 Å². The minimum absolute atomic E-state index is 0.219. The molecule has 2 aromatic carbocycles. The fourth-order valence-corrected chi connectivity index (χ4v) is 2.39. The van der Waals surface area contributed by atoms with E-state index in [1.165, 1.54) is 12.1 Å². The molecule has 0 fully saturated rings. The summed E-state index contributed by atoms with van der Waals surface area (Å²) < 4.78 is 20.4. The van der Waals surface area contributed by atoms with E-state index in [0.717, 1.165) is 16.5 Å². The zero-order chi connectivity index (χ0) is 14.1. The molecule has 0 unspecified atom stereocenters. The van der Waals surface area contributed by atoms with Crippen molar-refractivity contribution in [2.75, 3.05) is 12.8 Å². The predicted octanol–water partition coefficient (Wildman–Crippen LogP) is 3.42. The monoisotopic (exact) mass is 270 g/mol. The second kappa shape index (κ2) is 4.89. The standard InChI is InChI=1S/C16H15FN2O/c1-20-16-5-2-11(8-14(16)18)10-19-7-6-12-9-13(17)3-4-15(12)19/h2-9H,10,18H2,1H3. The first-order chi connectivity index (χ1) is 9.67. The van der Waals surface area contributed by atoms with Crippen LogP contribution in [0.5, 0.6) is 5.75 Å². The van der Waals surface area contributed by atoms with Crippen LogP contribution >= 0.6 is 0 Å². The fourth-order valence-electron chi connectivity index (χ4n) is 2.39. The molecule has 0 atom stereocenters. The second-order valence-corrected chi connectivity index (χ2v) is 4.72. The molecule has 3 nitrogen and oxygen atoms in total. The van der Waals surface area contributed by atoms with Crippen LogP contribution in [-0.2, 0) is 6.54 Å². The molecular formula is C16H15FN2O. The highest BCUT2D eigenvalue weighted by atomic mass is 19.1. The Morgan fingerprint density at radius 1 is 1.15 bits per heavy atom. The summed E-state index contributed by atoms with van der Waals surface area (Å²) in [6, 6.07) is 12.4. The maximum Gasteiger partial charge on any atom is 0.141 e. The zero-order valence-electron chi connectivity index (χ0n) is 11.1. The molecular weight excluding hydrogens is 255 g/mol. The second-order valence-electron chi connectivity index (χ2n) is 4.72. The number of nitrogen functional groups attached to an aromatic ring is 1. The minimum atomic E-state index is -0.219. The summed E-state index contributed by atoms with van der Waals surface area (Å²) in [5, 5.41) is 0.895. The molecule has 0 aliphatic carbocycles. The molecule has 0 aliphatic rings. The first-order valence-electron chi connectivity index (χ1n) is 6.34. The normalized spacial score (nSPS) is 10.9. The highest BCUT2D eigenvalue weighted by Gasteiger charge is 2.05. The highest BCUT2D eigenvalue weighted by Crippen LogP contribution is 2.24. The van der Waals surface area contributed by atoms with E-state index in [-0.39, 0.29) is 5.82 Å². The van der Waals surface area contributed by atoms with Crippen molar-refractivity contribution in [1.82, 2.24) is 4.57 Å². The number of anilines is 1. The van der Waals surface area contributed by atoms with Crippen LogP contribution in [0, 0.1) is 5.82 Å². The van der Waals surface area contributed by atoms with E-state index in [4.69, 9.17) is 10.5 Å². The number of ether oxygens (including phenoxy) is 1. The van der Waals surface area contributed by atoms with Gasteiger partial charge in [0.1, 0.15) is 11.6 Å². The number of methoxy groups -OCH3 is 1. The van der Waals surface area contributed by atoms with Crippen molar-refractivity contribution in [3.05, 3.63) is 60.0 Å². The average Bonchev–Trinajstić information content (AvgIpc) is 2.81. The zero-order valence-corrected chi connectivity index (χ0v) is 11.1. The lowest BCUT2D eigenvalue weighted by Crippen LogP contribution is -2.00. The van der Waals surface area contributed by atoms with Gasteiger partial charge in [-0.15, -0.1) is 0 Å². The number of fused-ring (bicyclic) bond motifs is 1. The van der Waals surface area contributed by atoms with Crippen molar-refractivity contribution in [2.24, 2.45) is 0 Å². The first kappa shape index (κ1) is 12.5. The van der Waals surface area contributed by atoms with Crippen LogP contribution in [0.2, 0.25) is 0 Å². The Morgan fingerprint density at radius 2 is 2.00 bits per heavy atom. The fraction of sp³-hybridized carbons (Fsp3) is 0.125. The molecule has 0 radical (unpaired) electrons. The molecule has 0 amide bonds. The number of benzene rings is 2. The summed E-state index contributed by atoms with van der Waals surface area (Å²) in [7, 11) is 1.60. The van der Waals surface area contributed by atoms with Gasteiger partial charge >= 0.3 is 0 Å². The van der Waals surface area contributed by atoms with Crippen LogP contribution in [0.15, 0.2) is 48.7 Å². The quantitative estimate of drug-likeness (QED) is 0.741. The van der Waals surface area contributed by atoms with Crippen molar-refractivity contribution < 1.29 is 9.13 Å². The Hall–Kier alpha value is -2.49. The van der Waals surface area contributed by atoms with E-state index in [9.17, 15) is 4.39 Å². The van der Waals surface area contributed by atoms with Crippen LogP contribution in [0.1, 0.15) is 5.56 Å². The number of rotatable bonds is 3. The van der Waals surface area contributed by atoms with E-state index in [2.05, 4.69) is 4.57 Å². The van der Waals surface area contributed by atoms with Gasteiger partial charge in [0.2, 0.25) is 0 Å². The highest BCUT2D eigenvalue weighted by molar-refractivity contribution is 5.80. The Labute approximate surface area is 116 Å². The van der Waals surface area contributed by atoms with Crippen molar-refractivity contribution in [2.45, 2.75) is 6.54 Å². The first-order valence-corrected chi connectivity index (χ1v) is 6.34. The third-order valence-corrected chi connectivity index (χ3v) is 3.38. The Kier molecular flexibility index (Phi) is 3.06. The number of aromatic nitrogens is 1. The molecule has 0 bridgehead atoms. The van der Waals surface area contributed by atoms with Gasteiger partial charge in [-0.05, 0) is 42.0 Å². The van der Waals surface area contributed by atoms with E-state index in [1.54, 1.807) is 13.2 Å². The molecule has 1 heterocycles. The summed E-state index contributed by atoms with van der Waals surface area (Å²) >= 11 is 0. The molecule has 3 rings (SSSR count). The van der Waals surface area contributed by atoms with Gasteiger partial charge in [0.15, 0.2) is 0 Å². The molecule has 0 saturated carbocycles. The van der Waals surface area contributed by atoms with Crippen molar-refractivity contribution in [1.29, 1.82) is 0 Å². The van der Waals surface area contributed by atoms with Crippen LogP contribution in [0.4, 0.5) is 10.1 Å². The van der Waals surface area contributed by atoms with E-state index in [0.29, 0.717) is 18.0 Å². The van der Waals surface area contributed by atoms with Gasteiger partial charge in [-0.2, -0.15) is 0 Å². The number of halogens is 1. The van der Waals surface area contributed by atoms with Gasteiger partial charge in [0, 0.05) is 23.6 Å². The van der Waals surface area contributed by atoms with E-state index < -0.39 is 0 Å². The number of hydrogen-bond acceptors (Lipinski definition) is 2.